The van der Waals surface area contributed by atoms with Crippen molar-refractivity contribution in [3.05, 3.63) is 24.0 Å². The lowest BCUT2D eigenvalue weighted by Crippen LogP contribution is -2.18. The second-order valence-electron chi connectivity index (χ2n) is 4.16. The molecule has 0 spiro atoms. The van der Waals surface area contributed by atoms with E-state index in [9.17, 15) is 21.6 Å². The van der Waals surface area contributed by atoms with E-state index in [2.05, 4.69) is 15.0 Å². The summed E-state index contributed by atoms with van der Waals surface area (Å²) in [4.78, 5) is 3.18. The quantitative estimate of drug-likeness (QED) is 0.754. The van der Waals surface area contributed by atoms with Gasteiger partial charge in [-0.3, -0.25) is 4.72 Å². The Bertz CT molecular complexity index is 515. The zero-order valence-corrected chi connectivity index (χ0v) is 11.7. The minimum atomic E-state index is -4.54. The van der Waals surface area contributed by atoms with Crippen LogP contribution in [0.15, 0.2) is 18.3 Å². The number of nitrogens with zero attached hydrogens (tertiary/aromatic N) is 1. The van der Waals surface area contributed by atoms with Crippen molar-refractivity contribution in [2.24, 2.45) is 0 Å². The minimum Gasteiger partial charge on any atom is -0.320 e. The summed E-state index contributed by atoms with van der Waals surface area (Å²) >= 11 is 0. The van der Waals surface area contributed by atoms with Gasteiger partial charge in [-0.15, -0.1) is 0 Å². The molecule has 2 N–H and O–H groups in total. The fraction of sp³-hybridized carbons (Fsp3) is 0.545. The molecule has 1 heterocycles. The second kappa shape index (κ2) is 6.89. The van der Waals surface area contributed by atoms with E-state index in [1.807, 2.05) is 0 Å². The molecule has 114 valence electrons. The van der Waals surface area contributed by atoms with Crippen molar-refractivity contribution in [1.82, 2.24) is 10.3 Å². The van der Waals surface area contributed by atoms with Gasteiger partial charge in [0.25, 0.3) is 0 Å². The highest BCUT2D eigenvalue weighted by atomic mass is 32.2. The molecule has 9 heteroatoms. The number of hydrogen-bond acceptors (Lipinski definition) is 4. The van der Waals surface area contributed by atoms with Gasteiger partial charge in [0.15, 0.2) is 0 Å². The van der Waals surface area contributed by atoms with Crippen molar-refractivity contribution in [2.45, 2.75) is 19.0 Å². The van der Waals surface area contributed by atoms with Gasteiger partial charge in [0.05, 0.1) is 17.6 Å². The molecule has 0 amide bonds. The smallest absolute Gasteiger partial charge is 0.320 e. The van der Waals surface area contributed by atoms with E-state index in [1.54, 1.807) is 7.05 Å². The topological polar surface area (TPSA) is 71.1 Å². The maximum atomic E-state index is 12.3. The normalized spacial score (nSPS) is 12.4. The molecule has 0 saturated heterocycles. The van der Waals surface area contributed by atoms with E-state index >= 15 is 0 Å². The van der Waals surface area contributed by atoms with Crippen molar-refractivity contribution < 1.29 is 21.6 Å². The van der Waals surface area contributed by atoms with Crippen molar-refractivity contribution in [2.75, 3.05) is 24.1 Å². The first-order chi connectivity index (χ1) is 9.24. The number of rotatable bonds is 7. The molecule has 0 fully saturated rings. The van der Waals surface area contributed by atoms with Gasteiger partial charge >= 0.3 is 6.18 Å². The molecule has 1 aromatic rings. The first kappa shape index (κ1) is 16.7. The number of nitrogens with one attached hydrogen (secondary N) is 2. The summed E-state index contributed by atoms with van der Waals surface area (Å²) < 4.78 is 62.4. The molecule has 1 aromatic heterocycles. The molecule has 0 aromatic carbocycles. The third kappa shape index (κ3) is 5.74. The molecule has 0 aliphatic rings. The van der Waals surface area contributed by atoms with Crippen LogP contribution in [0.1, 0.15) is 18.5 Å². The van der Waals surface area contributed by atoms with Crippen LogP contribution in [0.2, 0.25) is 0 Å². The molecule has 0 aliphatic carbocycles. The number of hydrogen-bond donors (Lipinski definition) is 2. The fourth-order valence-corrected chi connectivity index (χ4v) is 2.61. The Morgan fingerprint density at radius 3 is 2.45 bits per heavy atom. The maximum Gasteiger partial charge on any atom is 0.433 e. The summed E-state index contributed by atoms with van der Waals surface area (Å²) in [5.74, 6) is -0.0876. The van der Waals surface area contributed by atoms with Gasteiger partial charge in [0.1, 0.15) is 5.69 Å². The standard InChI is InChI=1S/C11H16F3N3O2S/c1-15-6-2-3-7-20(18,19)17-9-4-5-10(16-8-9)11(12,13)14/h4-5,8,15,17H,2-3,6-7H2,1H3. The summed E-state index contributed by atoms with van der Waals surface area (Å²) in [6.07, 6.45) is -2.52. The Morgan fingerprint density at radius 1 is 1.25 bits per heavy atom. The number of aromatic nitrogens is 1. The summed E-state index contributed by atoms with van der Waals surface area (Å²) in [7, 11) is -1.80. The summed E-state index contributed by atoms with van der Waals surface area (Å²) in [5.41, 5.74) is -1.04. The van der Waals surface area contributed by atoms with E-state index in [0.717, 1.165) is 18.3 Å². The summed E-state index contributed by atoms with van der Waals surface area (Å²) in [6, 6.07) is 1.78. The van der Waals surface area contributed by atoms with E-state index in [4.69, 9.17) is 0 Å². The molecular formula is C11H16F3N3O2S. The van der Waals surface area contributed by atoms with Gasteiger partial charge in [0, 0.05) is 0 Å². The predicted octanol–water partition coefficient (Wildman–Crippen LogP) is 1.84. The molecule has 1 rings (SSSR count). The highest BCUT2D eigenvalue weighted by molar-refractivity contribution is 7.92. The predicted molar refractivity (Wildman–Crippen MR) is 69.8 cm³/mol. The number of unbranched alkanes of at least 4 members (excludes halogenated alkanes) is 1. The minimum absolute atomic E-state index is 0.0200. The molecule has 0 radical (unpaired) electrons. The first-order valence-electron chi connectivity index (χ1n) is 5.93. The highest BCUT2D eigenvalue weighted by Crippen LogP contribution is 2.27. The van der Waals surface area contributed by atoms with E-state index in [-0.39, 0.29) is 11.4 Å². The summed E-state index contributed by atoms with van der Waals surface area (Å²) in [6.45, 7) is 0.706. The average molecular weight is 311 g/mol. The van der Waals surface area contributed by atoms with Gasteiger partial charge < -0.3 is 5.32 Å². The van der Waals surface area contributed by atoms with Gasteiger partial charge in [-0.05, 0) is 38.6 Å². The molecule has 0 bridgehead atoms. The van der Waals surface area contributed by atoms with Gasteiger partial charge in [-0.1, -0.05) is 0 Å². The summed E-state index contributed by atoms with van der Waals surface area (Å²) in [5, 5.41) is 2.89. The first-order valence-corrected chi connectivity index (χ1v) is 7.58. The van der Waals surface area contributed by atoms with Crippen LogP contribution in [0.25, 0.3) is 0 Å². The monoisotopic (exact) mass is 311 g/mol. The van der Waals surface area contributed by atoms with Gasteiger partial charge in [-0.25, -0.2) is 13.4 Å². The zero-order valence-electron chi connectivity index (χ0n) is 10.9. The number of alkyl halides is 3. The molecule has 5 nitrogen and oxygen atoms in total. The van der Waals surface area contributed by atoms with Crippen LogP contribution in [0.5, 0.6) is 0 Å². The van der Waals surface area contributed by atoms with Gasteiger partial charge in [-0.2, -0.15) is 13.2 Å². The van der Waals surface area contributed by atoms with Gasteiger partial charge in [0.2, 0.25) is 10.0 Å². The van der Waals surface area contributed by atoms with Crippen molar-refractivity contribution in [3.63, 3.8) is 0 Å². The van der Waals surface area contributed by atoms with E-state index in [0.29, 0.717) is 19.4 Å². The third-order valence-electron chi connectivity index (χ3n) is 2.42. The SMILES string of the molecule is CNCCCCS(=O)(=O)Nc1ccc(C(F)(F)F)nc1. The van der Waals surface area contributed by atoms with Crippen LogP contribution >= 0.6 is 0 Å². The van der Waals surface area contributed by atoms with Crippen LogP contribution in [0.3, 0.4) is 0 Å². The van der Waals surface area contributed by atoms with Crippen LogP contribution < -0.4 is 10.0 Å². The van der Waals surface area contributed by atoms with Crippen LogP contribution in [-0.2, 0) is 16.2 Å². The Balaban J connectivity index is 2.59. The Hall–Kier alpha value is -1.35. The van der Waals surface area contributed by atoms with Crippen molar-refractivity contribution in [1.29, 1.82) is 0 Å². The van der Waals surface area contributed by atoms with E-state index in [1.165, 1.54) is 0 Å². The third-order valence-corrected chi connectivity index (χ3v) is 3.79. The maximum absolute atomic E-state index is 12.3. The number of sulfonamides is 1. The average Bonchev–Trinajstić information content (AvgIpc) is 2.34. The lowest BCUT2D eigenvalue weighted by molar-refractivity contribution is -0.141. The fourth-order valence-electron chi connectivity index (χ4n) is 1.45. The molecule has 0 unspecified atom stereocenters. The van der Waals surface area contributed by atoms with Crippen molar-refractivity contribution >= 4 is 15.7 Å². The number of pyridine rings is 1. The number of halogens is 3. The molecule has 0 saturated carbocycles. The van der Waals surface area contributed by atoms with E-state index < -0.39 is 21.9 Å². The lowest BCUT2D eigenvalue weighted by Gasteiger charge is -2.09. The Labute approximate surface area is 115 Å². The lowest BCUT2D eigenvalue weighted by atomic mass is 10.3. The molecular weight excluding hydrogens is 295 g/mol. The van der Waals surface area contributed by atoms with Crippen LogP contribution in [-0.4, -0.2) is 32.7 Å². The van der Waals surface area contributed by atoms with Crippen molar-refractivity contribution in [3.8, 4) is 0 Å². The zero-order chi connectivity index (χ0) is 15.2. The van der Waals surface area contributed by atoms with Crippen LogP contribution in [0, 0.1) is 0 Å². The molecule has 0 atom stereocenters. The van der Waals surface area contributed by atoms with Crippen LogP contribution in [0.4, 0.5) is 18.9 Å². The highest BCUT2D eigenvalue weighted by Gasteiger charge is 2.32. The largest absolute Gasteiger partial charge is 0.433 e. The Morgan fingerprint density at radius 2 is 1.95 bits per heavy atom. The molecule has 20 heavy (non-hydrogen) atoms. The molecule has 0 aliphatic heterocycles. The Kier molecular flexibility index (Phi) is 5.75. The number of anilines is 1. The second-order valence-corrected chi connectivity index (χ2v) is 6.00.